The second-order valence-corrected chi connectivity index (χ2v) is 7.17. The van der Waals surface area contributed by atoms with Crippen molar-refractivity contribution in [3.05, 3.63) is 69.8 Å². The summed E-state index contributed by atoms with van der Waals surface area (Å²) < 4.78 is 33.4. The summed E-state index contributed by atoms with van der Waals surface area (Å²) in [6, 6.07) is 11.6. The van der Waals surface area contributed by atoms with Gasteiger partial charge in [-0.15, -0.1) is 0 Å². The van der Waals surface area contributed by atoms with Crippen LogP contribution in [0.3, 0.4) is 0 Å². The van der Waals surface area contributed by atoms with Crippen LogP contribution in [0.4, 0.5) is 5.69 Å². The Hall–Kier alpha value is -2.74. The molecular weight excluding hydrogens is 377 g/mol. The van der Waals surface area contributed by atoms with E-state index in [1.165, 1.54) is 31.4 Å². The highest BCUT2D eigenvalue weighted by molar-refractivity contribution is 7.49. The van der Waals surface area contributed by atoms with E-state index < -0.39 is 24.8 Å². The molecule has 0 radical (unpaired) electrons. The Morgan fingerprint density at radius 1 is 1.19 bits per heavy atom. The second kappa shape index (κ2) is 7.87. The van der Waals surface area contributed by atoms with Crippen molar-refractivity contribution in [2.75, 3.05) is 13.7 Å². The number of nitro benzene ring substituents is 1. The predicted octanol–water partition coefficient (Wildman–Crippen LogP) is 4.05. The normalized spacial score (nSPS) is 22.0. The number of carbonyl (C=O) groups is 1. The Morgan fingerprint density at radius 3 is 2.44 bits per heavy atom. The van der Waals surface area contributed by atoms with Crippen LogP contribution in [0.5, 0.6) is 5.75 Å². The zero-order chi connectivity index (χ0) is 19.4. The van der Waals surface area contributed by atoms with Crippen molar-refractivity contribution in [3.63, 3.8) is 0 Å². The van der Waals surface area contributed by atoms with E-state index in [0.29, 0.717) is 17.5 Å². The molecule has 0 unspecified atom stereocenters. The molecule has 1 saturated heterocycles. The highest BCUT2D eigenvalue weighted by atomic mass is 31.2. The third-order valence-corrected chi connectivity index (χ3v) is 5.30. The Bertz CT molecular complexity index is 881. The van der Waals surface area contributed by atoms with Crippen LogP contribution in [0.2, 0.25) is 0 Å². The molecule has 2 atom stereocenters. The number of nitro groups is 1. The predicted molar refractivity (Wildman–Crippen MR) is 93.5 cm³/mol. The van der Waals surface area contributed by atoms with Gasteiger partial charge < -0.3 is 9.26 Å². The van der Waals surface area contributed by atoms with Crippen molar-refractivity contribution in [1.82, 2.24) is 0 Å². The maximum absolute atomic E-state index is 12.8. The Balaban J connectivity index is 1.71. The average Bonchev–Trinajstić information content (AvgIpc) is 2.67. The summed E-state index contributed by atoms with van der Waals surface area (Å²) in [6.45, 7) is 0.147. The molecule has 2 aromatic carbocycles. The highest BCUT2D eigenvalue weighted by Gasteiger charge is 2.37. The number of hydrogen-bond acceptors (Lipinski definition) is 8. The average molecular weight is 393 g/mol. The van der Waals surface area contributed by atoms with E-state index in [1.807, 2.05) is 0 Å². The van der Waals surface area contributed by atoms with E-state index in [4.69, 9.17) is 13.6 Å². The Labute approximate surface area is 154 Å². The van der Waals surface area contributed by atoms with Crippen LogP contribution >= 0.6 is 7.82 Å². The number of benzene rings is 2. The van der Waals surface area contributed by atoms with Gasteiger partial charge in [-0.3, -0.25) is 19.2 Å². The summed E-state index contributed by atoms with van der Waals surface area (Å²) in [5.74, 6) is -0.327. The zero-order valence-corrected chi connectivity index (χ0v) is 15.2. The lowest BCUT2D eigenvalue weighted by Crippen LogP contribution is -2.16. The van der Waals surface area contributed by atoms with Crippen LogP contribution in [0.25, 0.3) is 0 Å². The fourth-order valence-electron chi connectivity index (χ4n) is 2.50. The minimum absolute atomic E-state index is 0.116. The molecule has 2 aromatic rings. The molecule has 1 heterocycles. The van der Waals surface area contributed by atoms with E-state index in [0.717, 1.165) is 0 Å². The first kappa shape index (κ1) is 19.0. The maximum atomic E-state index is 12.8. The number of esters is 1. The van der Waals surface area contributed by atoms with Crippen LogP contribution in [0.1, 0.15) is 28.4 Å². The van der Waals surface area contributed by atoms with E-state index in [-0.39, 0.29) is 18.0 Å². The fourth-order valence-corrected chi connectivity index (χ4v) is 3.90. The van der Waals surface area contributed by atoms with Gasteiger partial charge in [0.1, 0.15) is 5.75 Å². The van der Waals surface area contributed by atoms with Crippen molar-refractivity contribution < 1.29 is 32.6 Å². The van der Waals surface area contributed by atoms with E-state index in [2.05, 4.69) is 4.74 Å². The fraction of sp³-hybridized carbons (Fsp3) is 0.235. The van der Waals surface area contributed by atoms with Gasteiger partial charge in [0, 0.05) is 18.6 Å². The number of methoxy groups -OCH3 is 1. The van der Waals surface area contributed by atoms with Gasteiger partial charge in [-0.1, -0.05) is 12.1 Å². The van der Waals surface area contributed by atoms with Gasteiger partial charge >= 0.3 is 13.8 Å². The number of phosphoric ester groups is 1. The molecular formula is C17H16NO8P. The van der Waals surface area contributed by atoms with Gasteiger partial charge in [0.15, 0.2) is 0 Å². The number of non-ortho nitro benzene ring substituents is 1. The number of nitrogens with zero attached hydrogens (tertiary/aromatic N) is 1. The molecule has 3 rings (SSSR count). The number of ether oxygens (including phenoxy) is 1. The number of phosphoric acid groups is 1. The van der Waals surface area contributed by atoms with Crippen LogP contribution in [0, 0.1) is 10.1 Å². The monoisotopic (exact) mass is 393 g/mol. The molecule has 0 spiro atoms. The van der Waals surface area contributed by atoms with Crippen LogP contribution < -0.4 is 4.52 Å². The summed E-state index contributed by atoms with van der Waals surface area (Å²) in [5.41, 5.74) is 0.979. The Kier molecular flexibility index (Phi) is 5.55. The lowest BCUT2D eigenvalue weighted by atomic mass is 10.1. The van der Waals surface area contributed by atoms with Crippen LogP contribution in [-0.2, 0) is 18.3 Å². The first-order chi connectivity index (χ1) is 12.9. The maximum Gasteiger partial charge on any atom is 0.530 e. The highest BCUT2D eigenvalue weighted by Crippen LogP contribution is 2.56. The SMILES string of the molecule is COC(=O)c1ccc([C@H]2CCO[P@@](=O)(Oc3ccc([N+](=O)[O-])cc3)O2)cc1. The molecule has 10 heteroatoms. The molecule has 0 aliphatic carbocycles. The topological polar surface area (TPSA) is 114 Å². The first-order valence-corrected chi connectivity index (χ1v) is 9.41. The third kappa shape index (κ3) is 4.51. The van der Waals surface area contributed by atoms with Crippen LogP contribution in [0.15, 0.2) is 48.5 Å². The van der Waals surface area contributed by atoms with Gasteiger partial charge in [0.2, 0.25) is 0 Å². The largest absolute Gasteiger partial charge is 0.530 e. The zero-order valence-electron chi connectivity index (χ0n) is 14.3. The van der Waals surface area contributed by atoms with Gasteiger partial charge in [-0.05, 0) is 29.8 Å². The summed E-state index contributed by atoms with van der Waals surface area (Å²) in [7, 11) is -2.60. The number of rotatable bonds is 5. The van der Waals surface area contributed by atoms with Gasteiger partial charge in [0.25, 0.3) is 5.69 Å². The number of hydrogen-bond donors (Lipinski definition) is 0. The minimum atomic E-state index is -3.89. The summed E-state index contributed by atoms with van der Waals surface area (Å²) >= 11 is 0. The molecule has 0 N–H and O–H groups in total. The van der Waals surface area contributed by atoms with Crippen molar-refractivity contribution in [2.45, 2.75) is 12.5 Å². The number of carbonyl (C=O) groups excluding carboxylic acids is 1. The molecule has 27 heavy (non-hydrogen) atoms. The van der Waals surface area contributed by atoms with Gasteiger partial charge in [-0.2, -0.15) is 0 Å². The summed E-state index contributed by atoms with van der Waals surface area (Å²) in [5, 5.41) is 10.7. The second-order valence-electron chi connectivity index (χ2n) is 5.62. The molecule has 0 saturated carbocycles. The standard InChI is InChI=1S/C17H16NO8P/c1-23-17(19)13-4-2-12(3-5-13)16-10-11-24-27(22,26-16)25-15-8-6-14(7-9-15)18(20)21/h2-9,16H,10-11H2,1H3/t16-,27+/m1/s1. The van der Waals surface area contributed by atoms with E-state index in [1.54, 1.807) is 24.3 Å². The summed E-state index contributed by atoms with van der Waals surface area (Å²) in [6.07, 6.45) is -0.0973. The molecule has 0 aromatic heterocycles. The van der Waals surface area contributed by atoms with Gasteiger partial charge in [-0.25, -0.2) is 9.36 Å². The Morgan fingerprint density at radius 2 is 1.85 bits per heavy atom. The molecule has 1 aliphatic rings. The molecule has 9 nitrogen and oxygen atoms in total. The molecule has 1 aliphatic heterocycles. The van der Waals surface area contributed by atoms with Crippen molar-refractivity contribution >= 4 is 19.5 Å². The quantitative estimate of drug-likeness (QED) is 0.323. The molecule has 142 valence electrons. The van der Waals surface area contributed by atoms with Crippen molar-refractivity contribution in [2.24, 2.45) is 0 Å². The van der Waals surface area contributed by atoms with Crippen molar-refractivity contribution in [3.8, 4) is 5.75 Å². The first-order valence-electron chi connectivity index (χ1n) is 7.95. The van der Waals surface area contributed by atoms with E-state index in [9.17, 15) is 19.5 Å². The molecule has 0 bridgehead atoms. The van der Waals surface area contributed by atoms with Gasteiger partial charge in [0.05, 0.1) is 30.3 Å². The van der Waals surface area contributed by atoms with E-state index >= 15 is 0 Å². The molecule has 1 fully saturated rings. The van der Waals surface area contributed by atoms with Crippen molar-refractivity contribution in [1.29, 1.82) is 0 Å². The minimum Gasteiger partial charge on any atom is -0.465 e. The van der Waals surface area contributed by atoms with Crippen LogP contribution in [-0.4, -0.2) is 24.6 Å². The molecule has 0 amide bonds. The smallest absolute Gasteiger partial charge is 0.465 e. The summed E-state index contributed by atoms with van der Waals surface area (Å²) in [4.78, 5) is 21.6. The lowest BCUT2D eigenvalue weighted by molar-refractivity contribution is -0.384. The third-order valence-electron chi connectivity index (χ3n) is 3.85. The lowest BCUT2D eigenvalue weighted by Gasteiger charge is -2.29.